The van der Waals surface area contributed by atoms with Crippen LogP contribution >= 0.6 is 0 Å². The molecule has 6 heteroatoms. The Kier molecular flexibility index (Phi) is 55.8. The Labute approximate surface area is 433 Å². The Morgan fingerprint density at radius 2 is 0.557 bits per heavy atom. The van der Waals surface area contributed by atoms with Crippen LogP contribution < -0.4 is 0 Å². The molecule has 0 heterocycles. The topological polar surface area (TPSA) is 78.9 Å². The van der Waals surface area contributed by atoms with E-state index in [2.05, 4.69) is 93.7 Å². The Morgan fingerprint density at radius 1 is 0.300 bits per heavy atom. The molecule has 0 spiro atoms. The molecular formula is C64H112O6. The van der Waals surface area contributed by atoms with E-state index >= 15 is 0 Å². The van der Waals surface area contributed by atoms with Crippen LogP contribution in [0.25, 0.3) is 0 Å². The fourth-order valence-corrected chi connectivity index (χ4v) is 8.47. The maximum absolute atomic E-state index is 12.9. The van der Waals surface area contributed by atoms with Crippen molar-refractivity contribution >= 4 is 17.9 Å². The third kappa shape index (κ3) is 55.8. The van der Waals surface area contributed by atoms with Crippen molar-refractivity contribution in [1.82, 2.24) is 0 Å². The minimum absolute atomic E-state index is 0.0881. The van der Waals surface area contributed by atoms with Crippen molar-refractivity contribution in [3.8, 4) is 0 Å². The molecule has 0 aliphatic heterocycles. The molecule has 0 saturated carbocycles. The molecule has 0 aliphatic carbocycles. The summed E-state index contributed by atoms with van der Waals surface area (Å²) in [6.07, 6.45) is 74.7. The molecule has 6 nitrogen and oxygen atoms in total. The molecule has 1 atom stereocenters. The van der Waals surface area contributed by atoms with Crippen LogP contribution in [0, 0.1) is 0 Å². The van der Waals surface area contributed by atoms with E-state index in [4.69, 9.17) is 14.2 Å². The molecule has 0 fully saturated rings. The Morgan fingerprint density at radius 3 is 0.900 bits per heavy atom. The highest BCUT2D eigenvalue weighted by Crippen LogP contribution is 2.16. The molecule has 0 rings (SSSR count). The highest BCUT2D eigenvalue weighted by molar-refractivity contribution is 5.71. The summed E-state index contributed by atoms with van der Waals surface area (Å²) in [4.78, 5) is 38.2. The number of rotatable bonds is 54. The standard InChI is InChI=1S/C64H112O6/c1-4-7-10-13-16-19-22-25-28-30-32-34-36-39-42-45-48-51-54-57-63(66)69-60-61(59-68-62(65)56-53-50-47-44-41-38-27-24-21-18-15-12-9-6-3)70-64(67)58-55-52-49-46-43-40-37-35-33-31-29-26-23-20-17-14-11-8-5-2/h7,10,16,19,24-25,27-28,32,34,39,42,61H,4-6,8-9,11-15,17-18,20-23,26,29-31,33,35-38,40-41,43-60H2,1-3H3/b10-7-,19-16-,27-24-,28-25-,34-32-,42-39-/t61-/m1/s1. The fraction of sp³-hybridized carbons (Fsp3) is 0.766. The van der Waals surface area contributed by atoms with Crippen LogP contribution in [0.2, 0.25) is 0 Å². The molecule has 0 radical (unpaired) electrons. The first-order valence-corrected chi connectivity index (χ1v) is 29.9. The number of hydrogen-bond donors (Lipinski definition) is 0. The molecule has 0 aromatic carbocycles. The highest BCUT2D eigenvalue weighted by Gasteiger charge is 2.19. The Bertz CT molecular complexity index is 1310. The fourth-order valence-electron chi connectivity index (χ4n) is 8.47. The number of ether oxygens (including phenoxy) is 3. The van der Waals surface area contributed by atoms with E-state index in [1.165, 1.54) is 154 Å². The molecule has 0 aromatic rings. The number of allylic oxidation sites excluding steroid dienone is 12. The van der Waals surface area contributed by atoms with Crippen LogP contribution in [-0.4, -0.2) is 37.2 Å². The molecule has 0 bridgehead atoms. The lowest BCUT2D eigenvalue weighted by atomic mass is 10.0. The van der Waals surface area contributed by atoms with Gasteiger partial charge in [-0.2, -0.15) is 0 Å². The van der Waals surface area contributed by atoms with E-state index in [1.54, 1.807) is 0 Å². The van der Waals surface area contributed by atoms with Crippen molar-refractivity contribution in [2.75, 3.05) is 13.2 Å². The van der Waals surface area contributed by atoms with Crippen LogP contribution in [0.15, 0.2) is 72.9 Å². The number of esters is 3. The summed E-state index contributed by atoms with van der Waals surface area (Å²) in [7, 11) is 0. The van der Waals surface area contributed by atoms with E-state index < -0.39 is 6.10 Å². The first-order chi connectivity index (χ1) is 34.5. The van der Waals surface area contributed by atoms with Crippen LogP contribution in [0.1, 0.15) is 297 Å². The van der Waals surface area contributed by atoms with Gasteiger partial charge in [-0.05, 0) is 89.9 Å². The van der Waals surface area contributed by atoms with Gasteiger partial charge in [-0.3, -0.25) is 14.4 Å². The Hall–Kier alpha value is -3.15. The third-order valence-electron chi connectivity index (χ3n) is 12.9. The molecule has 0 N–H and O–H groups in total. The summed E-state index contributed by atoms with van der Waals surface area (Å²) in [5, 5.41) is 0. The lowest BCUT2D eigenvalue weighted by molar-refractivity contribution is -0.167. The van der Waals surface area contributed by atoms with Gasteiger partial charge in [0.2, 0.25) is 0 Å². The number of carbonyl (C=O) groups is 3. The van der Waals surface area contributed by atoms with Crippen molar-refractivity contribution in [2.45, 2.75) is 303 Å². The minimum Gasteiger partial charge on any atom is -0.462 e. The van der Waals surface area contributed by atoms with Gasteiger partial charge < -0.3 is 14.2 Å². The van der Waals surface area contributed by atoms with Crippen molar-refractivity contribution in [3.05, 3.63) is 72.9 Å². The average molecular weight is 978 g/mol. The SMILES string of the molecule is CC/C=C\C/C=C\C/C=C\C/C=C\C/C=C\CCCCCC(=O)OC[C@@H](COC(=O)CCCCCCC/C=C\CCCCCCC)OC(=O)CCCCCCCCCCCCCCCCCCCCC. The summed E-state index contributed by atoms with van der Waals surface area (Å²) in [5.74, 6) is -0.916. The zero-order chi connectivity index (χ0) is 50.7. The van der Waals surface area contributed by atoms with Gasteiger partial charge in [0, 0.05) is 19.3 Å². The van der Waals surface area contributed by atoms with E-state index in [0.29, 0.717) is 19.3 Å². The number of carbonyl (C=O) groups excluding carboxylic acids is 3. The lowest BCUT2D eigenvalue weighted by Gasteiger charge is -2.18. The van der Waals surface area contributed by atoms with E-state index in [1.807, 2.05) is 0 Å². The summed E-state index contributed by atoms with van der Waals surface area (Å²) in [6, 6.07) is 0. The second-order valence-corrected chi connectivity index (χ2v) is 19.9. The molecule has 0 amide bonds. The second-order valence-electron chi connectivity index (χ2n) is 19.9. The number of hydrogen-bond acceptors (Lipinski definition) is 6. The summed E-state index contributed by atoms with van der Waals surface area (Å²) < 4.78 is 16.9. The first kappa shape index (κ1) is 66.9. The Balaban J connectivity index is 4.41. The van der Waals surface area contributed by atoms with Crippen molar-refractivity contribution in [2.24, 2.45) is 0 Å². The molecule has 0 aromatic heterocycles. The van der Waals surface area contributed by atoms with Crippen LogP contribution in [0.4, 0.5) is 0 Å². The van der Waals surface area contributed by atoms with Gasteiger partial charge in [-0.25, -0.2) is 0 Å². The average Bonchev–Trinajstić information content (AvgIpc) is 3.36. The van der Waals surface area contributed by atoms with Crippen molar-refractivity contribution < 1.29 is 28.6 Å². The van der Waals surface area contributed by atoms with Gasteiger partial charge in [0.05, 0.1) is 0 Å². The normalized spacial score (nSPS) is 12.6. The van der Waals surface area contributed by atoms with Crippen LogP contribution in [0.3, 0.4) is 0 Å². The maximum Gasteiger partial charge on any atom is 0.306 e. The van der Waals surface area contributed by atoms with E-state index in [-0.39, 0.29) is 31.1 Å². The van der Waals surface area contributed by atoms with Crippen LogP contribution in [0.5, 0.6) is 0 Å². The van der Waals surface area contributed by atoms with Gasteiger partial charge in [-0.1, -0.05) is 261 Å². The van der Waals surface area contributed by atoms with Crippen LogP contribution in [-0.2, 0) is 28.6 Å². The zero-order valence-electron chi connectivity index (χ0n) is 46.3. The summed E-state index contributed by atoms with van der Waals surface area (Å²) in [6.45, 7) is 6.51. The third-order valence-corrected chi connectivity index (χ3v) is 12.9. The quantitative estimate of drug-likeness (QED) is 0.0261. The molecule has 0 saturated heterocycles. The van der Waals surface area contributed by atoms with Gasteiger partial charge >= 0.3 is 17.9 Å². The van der Waals surface area contributed by atoms with Gasteiger partial charge in [0.1, 0.15) is 13.2 Å². The zero-order valence-corrected chi connectivity index (χ0v) is 46.3. The second kappa shape index (κ2) is 58.4. The molecular weight excluding hydrogens is 865 g/mol. The summed E-state index contributed by atoms with van der Waals surface area (Å²) >= 11 is 0. The molecule has 0 unspecified atom stereocenters. The smallest absolute Gasteiger partial charge is 0.306 e. The van der Waals surface area contributed by atoms with Crippen molar-refractivity contribution in [1.29, 1.82) is 0 Å². The monoisotopic (exact) mass is 977 g/mol. The minimum atomic E-state index is -0.791. The summed E-state index contributed by atoms with van der Waals surface area (Å²) in [5.41, 5.74) is 0. The number of unbranched alkanes of at least 4 members (excludes halogenated alkanes) is 31. The van der Waals surface area contributed by atoms with Gasteiger partial charge in [0.15, 0.2) is 6.10 Å². The predicted molar refractivity (Wildman–Crippen MR) is 302 cm³/mol. The maximum atomic E-state index is 12.9. The molecule has 404 valence electrons. The highest BCUT2D eigenvalue weighted by atomic mass is 16.6. The molecule has 0 aliphatic rings. The molecule has 70 heavy (non-hydrogen) atoms. The van der Waals surface area contributed by atoms with Gasteiger partial charge in [-0.15, -0.1) is 0 Å². The predicted octanol–water partition coefficient (Wildman–Crippen LogP) is 20.2. The first-order valence-electron chi connectivity index (χ1n) is 29.9. The van der Waals surface area contributed by atoms with E-state index in [9.17, 15) is 14.4 Å². The van der Waals surface area contributed by atoms with Gasteiger partial charge in [0.25, 0.3) is 0 Å². The van der Waals surface area contributed by atoms with E-state index in [0.717, 1.165) is 103 Å². The lowest BCUT2D eigenvalue weighted by Crippen LogP contribution is -2.30. The van der Waals surface area contributed by atoms with Crippen molar-refractivity contribution in [3.63, 3.8) is 0 Å². The largest absolute Gasteiger partial charge is 0.462 e.